The first kappa shape index (κ1) is 23.9. The topological polar surface area (TPSA) is 101 Å². The molecule has 6 nitrogen and oxygen atoms in total. The molecule has 1 aliphatic carbocycles. The smallest absolute Gasteiger partial charge is 0.257 e. The summed E-state index contributed by atoms with van der Waals surface area (Å²) in [5.74, 6) is -0.332. The van der Waals surface area contributed by atoms with Crippen molar-refractivity contribution in [1.29, 1.82) is 0 Å². The van der Waals surface area contributed by atoms with Crippen LogP contribution in [-0.4, -0.2) is 41.8 Å². The summed E-state index contributed by atoms with van der Waals surface area (Å²) >= 11 is 6.01. The summed E-state index contributed by atoms with van der Waals surface area (Å²) < 4.78 is 26.2. The Morgan fingerprint density at radius 2 is 1.84 bits per heavy atom. The molecule has 0 bridgehead atoms. The molecule has 0 radical (unpaired) electrons. The van der Waals surface area contributed by atoms with Gasteiger partial charge in [0.05, 0.1) is 12.1 Å². The van der Waals surface area contributed by atoms with Gasteiger partial charge in [-0.1, -0.05) is 36.9 Å². The van der Waals surface area contributed by atoms with Gasteiger partial charge >= 0.3 is 0 Å². The van der Waals surface area contributed by atoms with Crippen molar-refractivity contribution < 1.29 is 18.4 Å². The van der Waals surface area contributed by atoms with Gasteiger partial charge in [-0.25, -0.2) is 8.78 Å². The van der Waals surface area contributed by atoms with Crippen LogP contribution in [0.15, 0.2) is 18.2 Å². The fourth-order valence-electron chi connectivity index (χ4n) is 4.68. The number of hydrogen-bond acceptors (Lipinski definition) is 4. The molecule has 9 heteroatoms. The lowest BCUT2D eigenvalue weighted by Gasteiger charge is -2.32. The van der Waals surface area contributed by atoms with E-state index < -0.39 is 24.6 Å². The maximum atomic E-state index is 13.1. The molecule has 2 aliphatic rings. The summed E-state index contributed by atoms with van der Waals surface area (Å²) in [4.78, 5) is 27.5. The maximum absolute atomic E-state index is 13.1. The van der Waals surface area contributed by atoms with E-state index in [9.17, 15) is 18.4 Å². The average molecular weight is 457 g/mol. The first-order valence-corrected chi connectivity index (χ1v) is 11.3. The van der Waals surface area contributed by atoms with Crippen LogP contribution in [0.25, 0.3) is 0 Å². The van der Waals surface area contributed by atoms with E-state index in [0.29, 0.717) is 23.6 Å². The summed E-state index contributed by atoms with van der Waals surface area (Å²) in [7, 11) is 0. The Balaban J connectivity index is 1.65. The third-order valence-electron chi connectivity index (χ3n) is 6.47. The Bertz CT molecular complexity index is 789. The normalized spacial score (nSPS) is 21.9. The number of nitrogens with one attached hydrogen (secondary N) is 1. The van der Waals surface area contributed by atoms with Gasteiger partial charge in [0.1, 0.15) is 6.04 Å². The van der Waals surface area contributed by atoms with Crippen molar-refractivity contribution in [3.8, 4) is 0 Å². The summed E-state index contributed by atoms with van der Waals surface area (Å²) in [6.07, 6.45) is 3.76. The molecule has 0 spiro atoms. The van der Waals surface area contributed by atoms with E-state index >= 15 is 0 Å². The highest BCUT2D eigenvalue weighted by molar-refractivity contribution is 6.30. The highest BCUT2D eigenvalue weighted by Crippen LogP contribution is 2.29. The molecule has 31 heavy (non-hydrogen) atoms. The predicted molar refractivity (Wildman–Crippen MR) is 116 cm³/mol. The van der Waals surface area contributed by atoms with E-state index in [2.05, 4.69) is 5.32 Å². The van der Waals surface area contributed by atoms with Crippen molar-refractivity contribution >= 4 is 23.4 Å². The van der Waals surface area contributed by atoms with E-state index in [1.54, 1.807) is 4.90 Å². The number of likely N-dealkylation sites (tertiary alicyclic amines) is 1. The van der Waals surface area contributed by atoms with Crippen LogP contribution in [0.5, 0.6) is 0 Å². The Hall–Kier alpha value is -1.77. The molecule has 1 aromatic rings. The number of rotatable bonds is 7. The Labute approximate surface area is 186 Å². The SMILES string of the molecule is NC(c1ccc(Cl)cc1CNC(=O)[C@@H]1CCCN1C(=O)[C@@H](N)C1CCCCC1)C(F)F. The highest BCUT2D eigenvalue weighted by atomic mass is 35.5. The van der Waals surface area contributed by atoms with Gasteiger partial charge in [0.2, 0.25) is 11.8 Å². The third kappa shape index (κ3) is 5.73. The molecule has 1 aliphatic heterocycles. The molecule has 3 rings (SSSR count). The second-order valence-corrected chi connectivity index (χ2v) is 8.97. The molecular weight excluding hydrogens is 426 g/mol. The highest BCUT2D eigenvalue weighted by Gasteiger charge is 2.38. The molecule has 172 valence electrons. The lowest BCUT2D eigenvalue weighted by atomic mass is 9.83. The molecular formula is C22H31ClF2N4O2. The number of amides is 2. The lowest BCUT2D eigenvalue weighted by molar-refractivity contribution is -0.140. The Morgan fingerprint density at radius 1 is 1.13 bits per heavy atom. The predicted octanol–water partition coefficient (Wildman–Crippen LogP) is 3.12. The van der Waals surface area contributed by atoms with Crippen LogP contribution in [0, 0.1) is 5.92 Å². The van der Waals surface area contributed by atoms with Crippen molar-refractivity contribution in [1.82, 2.24) is 10.2 Å². The summed E-state index contributed by atoms with van der Waals surface area (Å²) in [5.41, 5.74) is 12.6. The standard InChI is InChI=1S/C22H31ClF2N4O2/c23-15-8-9-16(19(27)20(24)25)14(11-15)12-28-21(30)17-7-4-10-29(17)22(31)18(26)13-5-2-1-3-6-13/h8-9,11,13,17-20H,1-7,10,12,26-27H2,(H,28,30)/t17-,18-,19?/m0/s1. The van der Waals surface area contributed by atoms with Crippen molar-refractivity contribution in [2.24, 2.45) is 17.4 Å². The molecule has 0 aromatic heterocycles. The zero-order valence-corrected chi connectivity index (χ0v) is 18.3. The van der Waals surface area contributed by atoms with Crippen molar-refractivity contribution in [3.05, 3.63) is 34.3 Å². The number of hydrogen-bond donors (Lipinski definition) is 3. The second-order valence-electron chi connectivity index (χ2n) is 8.53. The number of carbonyl (C=O) groups is 2. The van der Waals surface area contributed by atoms with Crippen LogP contribution in [0.1, 0.15) is 62.1 Å². The molecule has 1 saturated heterocycles. The van der Waals surface area contributed by atoms with E-state index in [1.807, 2.05) is 0 Å². The first-order valence-electron chi connectivity index (χ1n) is 11.0. The molecule has 1 aromatic carbocycles. The second kappa shape index (κ2) is 10.7. The largest absolute Gasteiger partial charge is 0.350 e. The van der Waals surface area contributed by atoms with Gasteiger partial charge in [0.15, 0.2) is 0 Å². The van der Waals surface area contributed by atoms with E-state index in [0.717, 1.165) is 32.1 Å². The van der Waals surface area contributed by atoms with Crippen molar-refractivity contribution in [3.63, 3.8) is 0 Å². The van der Waals surface area contributed by atoms with E-state index in [1.165, 1.54) is 24.6 Å². The summed E-state index contributed by atoms with van der Waals surface area (Å²) in [6, 6.07) is 1.81. The molecule has 1 heterocycles. The zero-order chi connectivity index (χ0) is 22.5. The van der Waals surface area contributed by atoms with Gasteiger partial charge < -0.3 is 21.7 Å². The molecule has 2 amide bonds. The first-order chi connectivity index (χ1) is 14.8. The average Bonchev–Trinajstić information content (AvgIpc) is 3.26. The zero-order valence-electron chi connectivity index (χ0n) is 17.5. The number of alkyl halides is 2. The summed E-state index contributed by atoms with van der Waals surface area (Å²) in [6.45, 7) is 0.498. The van der Waals surface area contributed by atoms with Gasteiger partial charge in [-0.15, -0.1) is 0 Å². The quantitative estimate of drug-likeness (QED) is 0.586. The van der Waals surface area contributed by atoms with Crippen LogP contribution < -0.4 is 16.8 Å². The van der Waals surface area contributed by atoms with Gasteiger partial charge in [0.25, 0.3) is 6.43 Å². The van der Waals surface area contributed by atoms with Crippen molar-refractivity contribution in [2.45, 2.75) is 76.0 Å². The minimum Gasteiger partial charge on any atom is -0.350 e. The fourth-order valence-corrected chi connectivity index (χ4v) is 4.87. The third-order valence-corrected chi connectivity index (χ3v) is 6.71. The molecule has 2 fully saturated rings. The molecule has 5 N–H and O–H groups in total. The fraction of sp³-hybridized carbons (Fsp3) is 0.636. The van der Waals surface area contributed by atoms with Crippen LogP contribution in [0.2, 0.25) is 5.02 Å². The number of nitrogens with zero attached hydrogens (tertiary/aromatic N) is 1. The molecule has 1 unspecified atom stereocenters. The van der Waals surface area contributed by atoms with Gasteiger partial charge in [-0.05, 0) is 54.9 Å². The van der Waals surface area contributed by atoms with Crippen molar-refractivity contribution in [2.75, 3.05) is 6.54 Å². The van der Waals surface area contributed by atoms with Crippen LogP contribution in [0.3, 0.4) is 0 Å². The van der Waals surface area contributed by atoms with Crippen LogP contribution in [-0.2, 0) is 16.1 Å². The maximum Gasteiger partial charge on any atom is 0.257 e. The molecule has 3 atom stereocenters. The Morgan fingerprint density at radius 3 is 2.52 bits per heavy atom. The van der Waals surface area contributed by atoms with E-state index in [4.69, 9.17) is 23.1 Å². The monoisotopic (exact) mass is 456 g/mol. The van der Waals surface area contributed by atoms with Gasteiger partial charge in [0, 0.05) is 18.1 Å². The lowest BCUT2D eigenvalue weighted by Crippen LogP contribution is -2.53. The van der Waals surface area contributed by atoms with E-state index in [-0.39, 0.29) is 29.8 Å². The van der Waals surface area contributed by atoms with Gasteiger partial charge in [-0.2, -0.15) is 0 Å². The molecule has 1 saturated carbocycles. The summed E-state index contributed by atoms with van der Waals surface area (Å²) in [5, 5.41) is 3.14. The number of benzene rings is 1. The van der Waals surface area contributed by atoms with Crippen LogP contribution in [0.4, 0.5) is 8.78 Å². The minimum atomic E-state index is -2.74. The van der Waals surface area contributed by atoms with Crippen LogP contribution >= 0.6 is 11.6 Å². The number of nitrogens with two attached hydrogens (primary N) is 2. The number of halogens is 3. The number of carbonyl (C=O) groups excluding carboxylic acids is 2. The van der Waals surface area contributed by atoms with Gasteiger partial charge in [-0.3, -0.25) is 9.59 Å². The Kier molecular flexibility index (Phi) is 8.24. The minimum absolute atomic E-state index is 0.00234.